The van der Waals surface area contributed by atoms with Gasteiger partial charge in [0, 0.05) is 24.2 Å². The first-order valence-corrected chi connectivity index (χ1v) is 9.80. The molecule has 0 aliphatic heterocycles. The zero-order valence-corrected chi connectivity index (χ0v) is 17.5. The van der Waals surface area contributed by atoms with E-state index in [1.807, 2.05) is 26.1 Å². The zero-order valence-electron chi connectivity index (χ0n) is 17.5. The van der Waals surface area contributed by atoms with Crippen molar-refractivity contribution in [2.75, 3.05) is 14.2 Å². The van der Waals surface area contributed by atoms with Gasteiger partial charge in [-0.25, -0.2) is 0 Å². The average molecular weight is 418 g/mol. The van der Waals surface area contributed by atoms with Crippen molar-refractivity contribution in [1.29, 1.82) is 0 Å². The van der Waals surface area contributed by atoms with Crippen LogP contribution < -0.4 is 4.74 Å². The van der Waals surface area contributed by atoms with Crippen LogP contribution >= 0.6 is 0 Å². The lowest BCUT2D eigenvalue weighted by atomic mass is 10.1. The third-order valence-electron chi connectivity index (χ3n) is 5.33. The first kappa shape index (κ1) is 20.5. The van der Waals surface area contributed by atoms with Crippen LogP contribution in [0.5, 0.6) is 5.75 Å². The van der Waals surface area contributed by atoms with E-state index >= 15 is 0 Å². The van der Waals surface area contributed by atoms with Gasteiger partial charge < -0.3 is 9.15 Å². The maximum atomic E-state index is 10.8. The molecule has 3 aromatic carbocycles. The van der Waals surface area contributed by atoms with Gasteiger partial charge in [-0.3, -0.25) is 15.0 Å². The lowest BCUT2D eigenvalue weighted by Crippen LogP contribution is -2.22. The number of methoxy groups -OCH3 is 1. The van der Waals surface area contributed by atoms with E-state index in [9.17, 15) is 10.1 Å². The summed E-state index contributed by atoms with van der Waals surface area (Å²) in [5.41, 5.74) is 1.83. The van der Waals surface area contributed by atoms with Crippen molar-refractivity contribution in [3.05, 3.63) is 82.2 Å². The van der Waals surface area contributed by atoms with Crippen molar-refractivity contribution < 1.29 is 14.1 Å². The summed E-state index contributed by atoms with van der Waals surface area (Å²) in [6, 6.07) is 18.3. The molecule has 0 fully saturated rings. The van der Waals surface area contributed by atoms with E-state index in [0.717, 1.165) is 16.5 Å². The molecule has 0 aliphatic carbocycles. The summed E-state index contributed by atoms with van der Waals surface area (Å²) in [5, 5.41) is 21.4. The van der Waals surface area contributed by atoms with Crippen molar-refractivity contribution >= 4 is 16.5 Å². The van der Waals surface area contributed by atoms with Crippen LogP contribution in [0.3, 0.4) is 0 Å². The molecule has 4 aromatic rings. The fourth-order valence-electron chi connectivity index (χ4n) is 3.36. The molecule has 0 unspecified atom stereocenters. The summed E-state index contributed by atoms with van der Waals surface area (Å²) in [7, 11) is 3.66. The molecule has 4 rings (SSSR count). The van der Waals surface area contributed by atoms with Crippen molar-refractivity contribution in [3.8, 4) is 17.2 Å². The molecule has 1 aromatic heterocycles. The predicted octanol–water partition coefficient (Wildman–Crippen LogP) is 5.00. The Bertz CT molecular complexity index is 1220. The van der Waals surface area contributed by atoms with Gasteiger partial charge in [0.2, 0.25) is 11.8 Å². The van der Waals surface area contributed by atoms with E-state index in [-0.39, 0.29) is 11.7 Å². The number of non-ortho nitro benzene ring substituents is 1. The van der Waals surface area contributed by atoms with Crippen molar-refractivity contribution in [3.63, 3.8) is 0 Å². The minimum Gasteiger partial charge on any atom is -0.497 e. The molecule has 0 bridgehead atoms. The number of benzene rings is 3. The fraction of sp³-hybridized carbons (Fsp3) is 0.217. The van der Waals surface area contributed by atoms with Crippen LogP contribution in [0.25, 0.3) is 22.2 Å². The molecule has 0 spiro atoms. The molecule has 1 atom stereocenters. The number of hydrogen-bond acceptors (Lipinski definition) is 7. The van der Waals surface area contributed by atoms with Gasteiger partial charge in [0.25, 0.3) is 5.69 Å². The Kier molecular flexibility index (Phi) is 5.64. The standard InChI is InChI=1S/C23H22N4O4/c1-15(22-24-25-23(31-22)17-6-9-20(10-7-17)27(28)29)26(2)14-16-4-5-19-13-21(30-3)11-8-18(19)12-16/h4-13,15H,14H2,1-3H3/t15-/m0/s1. The first-order chi connectivity index (χ1) is 14.9. The molecule has 31 heavy (non-hydrogen) atoms. The van der Waals surface area contributed by atoms with Crippen LogP contribution in [-0.4, -0.2) is 34.2 Å². The van der Waals surface area contributed by atoms with Crippen molar-refractivity contribution in [2.45, 2.75) is 19.5 Å². The Morgan fingerprint density at radius 3 is 2.48 bits per heavy atom. The van der Waals surface area contributed by atoms with E-state index in [2.05, 4.69) is 39.4 Å². The number of aromatic nitrogens is 2. The summed E-state index contributed by atoms with van der Waals surface area (Å²) in [6.07, 6.45) is 0. The number of nitro groups is 1. The third kappa shape index (κ3) is 4.39. The van der Waals surface area contributed by atoms with E-state index in [4.69, 9.17) is 9.15 Å². The minimum absolute atomic E-state index is 0.0189. The maximum absolute atomic E-state index is 10.8. The Morgan fingerprint density at radius 1 is 1.06 bits per heavy atom. The number of hydrogen-bond donors (Lipinski definition) is 0. The van der Waals surface area contributed by atoms with Gasteiger partial charge in [0.1, 0.15) is 5.75 Å². The molecule has 0 N–H and O–H groups in total. The van der Waals surface area contributed by atoms with Crippen LogP contribution in [0.15, 0.2) is 65.1 Å². The molecule has 0 amide bonds. The second-order valence-corrected chi connectivity index (χ2v) is 7.39. The molecule has 0 saturated carbocycles. The molecular weight excluding hydrogens is 396 g/mol. The molecule has 0 radical (unpaired) electrons. The van der Waals surface area contributed by atoms with Gasteiger partial charge in [-0.05, 0) is 60.6 Å². The van der Waals surface area contributed by atoms with Crippen LogP contribution in [0, 0.1) is 10.1 Å². The zero-order chi connectivity index (χ0) is 22.0. The molecular formula is C23H22N4O4. The second kappa shape index (κ2) is 8.53. The lowest BCUT2D eigenvalue weighted by molar-refractivity contribution is -0.384. The number of rotatable bonds is 7. The molecule has 0 aliphatic rings. The number of nitrogens with zero attached hydrogens (tertiary/aromatic N) is 4. The van der Waals surface area contributed by atoms with E-state index in [1.165, 1.54) is 17.7 Å². The predicted molar refractivity (Wildman–Crippen MR) is 117 cm³/mol. The summed E-state index contributed by atoms with van der Waals surface area (Å²) in [4.78, 5) is 12.5. The summed E-state index contributed by atoms with van der Waals surface area (Å²) < 4.78 is 11.1. The molecule has 0 saturated heterocycles. The topological polar surface area (TPSA) is 94.5 Å². The molecule has 158 valence electrons. The average Bonchev–Trinajstić information content (AvgIpc) is 3.28. The van der Waals surface area contributed by atoms with Gasteiger partial charge in [-0.2, -0.15) is 0 Å². The highest BCUT2D eigenvalue weighted by Gasteiger charge is 2.20. The van der Waals surface area contributed by atoms with E-state index in [0.29, 0.717) is 23.9 Å². The Labute approximate surface area is 179 Å². The molecule has 1 heterocycles. The highest BCUT2D eigenvalue weighted by molar-refractivity contribution is 5.84. The lowest BCUT2D eigenvalue weighted by Gasteiger charge is -2.22. The van der Waals surface area contributed by atoms with E-state index < -0.39 is 4.92 Å². The van der Waals surface area contributed by atoms with Crippen LogP contribution in [-0.2, 0) is 6.54 Å². The van der Waals surface area contributed by atoms with Crippen LogP contribution in [0.2, 0.25) is 0 Å². The van der Waals surface area contributed by atoms with Crippen molar-refractivity contribution in [2.24, 2.45) is 0 Å². The summed E-state index contributed by atoms with van der Waals surface area (Å²) in [5.74, 6) is 1.66. The van der Waals surface area contributed by atoms with Gasteiger partial charge in [-0.15, -0.1) is 10.2 Å². The number of ether oxygens (including phenoxy) is 1. The third-order valence-corrected chi connectivity index (χ3v) is 5.33. The smallest absolute Gasteiger partial charge is 0.269 e. The van der Waals surface area contributed by atoms with Gasteiger partial charge in [-0.1, -0.05) is 18.2 Å². The highest BCUT2D eigenvalue weighted by Crippen LogP contribution is 2.27. The monoisotopic (exact) mass is 418 g/mol. The number of nitro benzene ring substituents is 1. The van der Waals surface area contributed by atoms with Gasteiger partial charge >= 0.3 is 0 Å². The largest absolute Gasteiger partial charge is 0.497 e. The molecule has 8 heteroatoms. The normalized spacial score (nSPS) is 12.3. The Hall–Kier alpha value is -3.78. The van der Waals surface area contributed by atoms with Gasteiger partial charge in [0.05, 0.1) is 18.1 Å². The maximum Gasteiger partial charge on any atom is 0.269 e. The summed E-state index contributed by atoms with van der Waals surface area (Å²) >= 11 is 0. The fourth-order valence-corrected chi connectivity index (χ4v) is 3.36. The SMILES string of the molecule is COc1ccc2cc(CN(C)[C@@H](C)c3nnc(-c4ccc([N+](=O)[O-])cc4)o3)ccc2c1. The Balaban J connectivity index is 1.47. The molecule has 8 nitrogen and oxygen atoms in total. The van der Waals surface area contributed by atoms with E-state index in [1.54, 1.807) is 19.2 Å². The van der Waals surface area contributed by atoms with Crippen molar-refractivity contribution in [1.82, 2.24) is 15.1 Å². The quantitative estimate of drug-likeness (QED) is 0.308. The Morgan fingerprint density at radius 2 is 1.77 bits per heavy atom. The number of fused-ring (bicyclic) bond motifs is 1. The van der Waals surface area contributed by atoms with Gasteiger partial charge in [0.15, 0.2) is 0 Å². The van der Waals surface area contributed by atoms with Crippen LogP contribution in [0.1, 0.15) is 24.4 Å². The minimum atomic E-state index is -0.441. The first-order valence-electron chi connectivity index (χ1n) is 9.80. The van der Waals surface area contributed by atoms with Crippen LogP contribution in [0.4, 0.5) is 5.69 Å². The second-order valence-electron chi connectivity index (χ2n) is 7.39. The highest BCUT2D eigenvalue weighted by atomic mass is 16.6. The summed E-state index contributed by atoms with van der Waals surface area (Å²) in [6.45, 7) is 2.71.